The van der Waals surface area contributed by atoms with Gasteiger partial charge >= 0.3 is 0 Å². The van der Waals surface area contributed by atoms with Crippen LogP contribution in [-0.4, -0.2) is 6.04 Å². The van der Waals surface area contributed by atoms with Gasteiger partial charge in [-0.15, -0.1) is 0 Å². The van der Waals surface area contributed by atoms with Crippen LogP contribution < -0.4 is 5.32 Å². The fourth-order valence-corrected chi connectivity index (χ4v) is 2.99. The van der Waals surface area contributed by atoms with Gasteiger partial charge in [0.25, 0.3) is 0 Å². The Kier molecular flexibility index (Phi) is 3.06. The summed E-state index contributed by atoms with van der Waals surface area (Å²) in [6.45, 7) is 0. The molecule has 3 rings (SSSR count). The van der Waals surface area contributed by atoms with Gasteiger partial charge in [0.05, 0.1) is 0 Å². The summed E-state index contributed by atoms with van der Waals surface area (Å²) in [7, 11) is 0. The van der Waals surface area contributed by atoms with Gasteiger partial charge < -0.3 is 5.32 Å². The predicted molar refractivity (Wildman–Crippen MR) is 77.5 cm³/mol. The normalized spacial score (nSPS) is 16.5. The van der Waals surface area contributed by atoms with E-state index in [4.69, 9.17) is 0 Å². The van der Waals surface area contributed by atoms with Crippen LogP contribution in [0.5, 0.6) is 0 Å². The van der Waals surface area contributed by atoms with Crippen LogP contribution in [0.25, 0.3) is 10.8 Å². The highest BCUT2D eigenvalue weighted by Crippen LogP contribution is 2.26. The van der Waals surface area contributed by atoms with Crippen LogP contribution in [0.3, 0.4) is 0 Å². The van der Waals surface area contributed by atoms with E-state index < -0.39 is 0 Å². The van der Waals surface area contributed by atoms with Crippen molar-refractivity contribution in [2.75, 3.05) is 5.32 Å². The van der Waals surface area contributed by atoms with Gasteiger partial charge in [-0.3, -0.25) is 0 Å². The van der Waals surface area contributed by atoms with Crippen molar-refractivity contribution < 1.29 is 0 Å². The van der Waals surface area contributed by atoms with E-state index in [0.717, 1.165) is 4.47 Å². The van der Waals surface area contributed by atoms with Crippen LogP contribution in [0.2, 0.25) is 0 Å². The molecule has 2 aromatic rings. The Morgan fingerprint density at radius 2 is 1.65 bits per heavy atom. The summed E-state index contributed by atoms with van der Waals surface area (Å²) in [5.74, 6) is 0. The van der Waals surface area contributed by atoms with Crippen LogP contribution in [0.1, 0.15) is 25.7 Å². The summed E-state index contributed by atoms with van der Waals surface area (Å²) in [5.41, 5.74) is 1.26. The molecule has 0 aliphatic heterocycles. The first-order valence-electron chi connectivity index (χ1n) is 6.27. The van der Waals surface area contributed by atoms with Gasteiger partial charge in [0.15, 0.2) is 0 Å². The second-order valence-electron chi connectivity index (χ2n) is 4.83. The average molecular weight is 290 g/mol. The molecule has 2 aromatic carbocycles. The maximum atomic E-state index is 3.64. The molecule has 1 saturated carbocycles. The first kappa shape index (κ1) is 11.1. The number of hydrogen-bond donors (Lipinski definition) is 1. The van der Waals surface area contributed by atoms with Gasteiger partial charge in [0.1, 0.15) is 0 Å². The molecule has 0 unspecified atom stereocenters. The number of hydrogen-bond acceptors (Lipinski definition) is 1. The first-order valence-corrected chi connectivity index (χ1v) is 7.06. The third kappa shape index (κ3) is 2.47. The summed E-state index contributed by atoms with van der Waals surface area (Å²) in [5, 5.41) is 6.23. The van der Waals surface area contributed by atoms with E-state index in [2.05, 4.69) is 57.6 Å². The predicted octanol–water partition coefficient (Wildman–Crippen LogP) is 4.96. The zero-order chi connectivity index (χ0) is 11.7. The molecular formula is C15H16BrN. The van der Waals surface area contributed by atoms with Crippen LogP contribution in [-0.2, 0) is 0 Å². The van der Waals surface area contributed by atoms with Gasteiger partial charge in [-0.1, -0.05) is 40.9 Å². The topological polar surface area (TPSA) is 12.0 Å². The molecule has 1 nitrogen and oxygen atoms in total. The molecule has 1 aliphatic carbocycles. The molecule has 1 aliphatic rings. The van der Waals surface area contributed by atoms with Crippen molar-refractivity contribution in [2.45, 2.75) is 31.7 Å². The lowest BCUT2D eigenvalue weighted by atomic mass is 10.1. The highest BCUT2D eigenvalue weighted by molar-refractivity contribution is 9.10. The number of anilines is 1. The van der Waals surface area contributed by atoms with Crippen molar-refractivity contribution in [3.63, 3.8) is 0 Å². The molecule has 17 heavy (non-hydrogen) atoms. The SMILES string of the molecule is Brc1ccc2cc(NC3CCCC3)ccc2c1. The fourth-order valence-electron chi connectivity index (χ4n) is 2.61. The number of nitrogens with one attached hydrogen (secondary N) is 1. The zero-order valence-corrected chi connectivity index (χ0v) is 11.3. The molecule has 1 N–H and O–H groups in total. The molecule has 1 fully saturated rings. The molecule has 0 amide bonds. The number of fused-ring (bicyclic) bond motifs is 1. The highest BCUT2D eigenvalue weighted by Gasteiger charge is 2.14. The minimum atomic E-state index is 0.683. The first-order chi connectivity index (χ1) is 8.31. The zero-order valence-electron chi connectivity index (χ0n) is 9.75. The quantitative estimate of drug-likeness (QED) is 0.824. The molecule has 0 spiro atoms. The van der Waals surface area contributed by atoms with E-state index in [0.29, 0.717) is 6.04 Å². The molecule has 88 valence electrons. The smallest absolute Gasteiger partial charge is 0.0348 e. The van der Waals surface area contributed by atoms with Gasteiger partial charge in [0, 0.05) is 16.2 Å². The molecule has 0 saturated heterocycles. The lowest BCUT2D eigenvalue weighted by Crippen LogP contribution is -2.14. The number of halogens is 1. The maximum absolute atomic E-state index is 3.64. The summed E-state index contributed by atoms with van der Waals surface area (Å²) < 4.78 is 1.14. The molecule has 0 heterocycles. The maximum Gasteiger partial charge on any atom is 0.0348 e. The van der Waals surface area contributed by atoms with Crippen molar-refractivity contribution in [1.29, 1.82) is 0 Å². The van der Waals surface area contributed by atoms with Crippen LogP contribution in [0.15, 0.2) is 40.9 Å². The monoisotopic (exact) mass is 289 g/mol. The van der Waals surface area contributed by atoms with Crippen molar-refractivity contribution >= 4 is 32.4 Å². The Morgan fingerprint density at radius 1 is 0.941 bits per heavy atom. The largest absolute Gasteiger partial charge is 0.382 e. The van der Waals surface area contributed by atoms with E-state index in [1.165, 1.54) is 42.1 Å². The molecule has 0 aromatic heterocycles. The van der Waals surface area contributed by atoms with E-state index in [1.807, 2.05) is 0 Å². The second-order valence-corrected chi connectivity index (χ2v) is 5.75. The fraction of sp³-hybridized carbons (Fsp3) is 0.333. The van der Waals surface area contributed by atoms with Crippen LogP contribution in [0, 0.1) is 0 Å². The van der Waals surface area contributed by atoms with Crippen molar-refractivity contribution in [3.05, 3.63) is 40.9 Å². The van der Waals surface area contributed by atoms with Crippen molar-refractivity contribution in [3.8, 4) is 0 Å². The molecule has 2 heteroatoms. The minimum absolute atomic E-state index is 0.683. The van der Waals surface area contributed by atoms with Crippen LogP contribution in [0.4, 0.5) is 5.69 Å². The van der Waals surface area contributed by atoms with Crippen LogP contribution >= 0.6 is 15.9 Å². The molecule has 0 radical (unpaired) electrons. The Hall–Kier alpha value is -1.02. The van der Waals surface area contributed by atoms with Crippen molar-refractivity contribution in [2.24, 2.45) is 0 Å². The summed E-state index contributed by atoms with van der Waals surface area (Å²) in [4.78, 5) is 0. The molecule has 0 bridgehead atoms. The van der Waals surface area contributed by atoms with Gasteiger partial charge in [-0.05, 0) is 47.9 Å². The Balaban J connectivity index is 1.88. The van der Waals surface area contributed by atoms with Crippen molar-refractivity contribution in [1.82, 2.24) is 0 Å². The Labute approximate surface area is 110 Å². The second kappa shape index (κ2) is 4.69. The minimum Gasteiger partial charge on any atom is -0.382 e. The average Bonchev–Trinajstić information content (AvgIpc) is 2.82. The summed E-state index contributed by atoms with van der Waals surface area (Å²) >= 11 is 3.51. The lowest BCUT2D eigenvalue weighted by Gasteiger charge is -2.14. The van der Waals surface area contributed by atoms with Gasteiger partial charge in [-0.2, -0.15) is 0 Å². The third-order valence-corrected chi connectivity index (χ3v) is 4.02. The summed E-state index contributed by atoms with van der Waals surface area (Å²) in [6, 6.07) is 13.7. The lowest BCUT2D eigenvalue weighted by molar-refractivity contribution is 0.756. The van der Waals surface area contributed by atoms with E-state index in [9.17, 15) is 0 Å². The molecular weight excluding hydrogens is 274 g/mol. The molecule has 0 atom stereocenters. The highest BCUT2D eigenvalue weighted by atomic mass is 79.9. The number of rotatable bonds is 2. The van der Waals surface area contributed by atoms with E-state index >= 15 is 0 Å². The van der Waals surface area contributed by atoms with Gasteiger partial charge in [-0.25, -0.2) is 0 Å². The Bertz CT molecular complexity index is 529. The summed E-state index contributed by atoms with van der Waals surface area (Å²) in [6.07, 6.45) is 5.38. The van der Waals surface area contributed by atoms with E-state index in [-0.39, 0.29) is 0 Å². The third-order valence-electron chi connectivity index (χ3n) is 3.53. The Morgan fingerprint density at radius 3 is 2.47 bits per heavy atom. The van der Waals surface area contributed by atoms with Gasteiger partial charge in [0.2, 0.25) is 0 Å². The number of benzene rings is 2. The standard InChI is InChI=1S/C15H16BrN/c16-13-7-5-12-10-15(8-6-11(12)9-13)17-14-3-1-2-4-14/h5-10,14,17H,1-4H2. The van der Waals surface area contributed by atoms with E-state index in [1.54, 1.807) is 0 Å².